The Morgan fingerprint density at radius 2 is 2.00 bits per heavy atom. The number of H-pyrrole nitrogens is 1. The summed E-state index contributed by atoms with van der Waals surface area (Å²) in [7, 11) is 0. The monoisotopic (exact) mass is 374 g/mol. The van der Waals surface area contributed by atoms with Crippen LogP contribution >= 0.6 is 0 Å². The number of aromatic amines is 1. The molecule has 0 radical (unpaired) electrons. The summed E-state index contributed by atoms with van der Waals surface area (Å²) in [6.45, 7) is 2.00. The molecule has 27 heavy (non-hydrogen) atoms. The summed E-state index contributed by atoms with van der Waals surface area (Å²) in [6.07, 6.45) is 9.81. The first-order chi connectivity index (χ1) is 13.2. The van der Waals surface area contributed by atoms with E-state index < -0.39 is 4.92 Å². The Balaban J connectivity index is 1.57. The lowest BCUT2D eigenvalue weighted by Crippen LogP contribution is -2.25. The van der Waals surface area contributed by atoms with Crippen molar-refractivity contribution in [3.05, 3.63) is 34.5 Å². The average Bonchev–Trinajstić information content (AvgIpc) is 3.20. The number of rotatable bonds is 9. The lowest BCUT2D eigenvalue weighted by molar-refractivity contribution is -0.384. The van der Waals surface area contributed by atoms with E-state index in [-0.39, 0.29) is 11.5 Å². The highest BCUT2D eigenvalue weighted by molar-refractivity contribution is 5.57. The summed E-state index contributed by atoms with van der Waals surface area (Å²) in [5.74, 6) is 1.72. The van der Waals surface area contributed by atoms with Gasteiger partial charge in [-0.05, 0) is 44.1 Å². The summed E-state index contributed by atoms with van der Waals surface area (Å²) in [5.41, 5.74) is 6.55. The molecule has 0 atom stereocenters. The summed E-state index contributed by atoms with van der Waals surface area (Å²) in [5, 5.41) is 17.5. The Morgan fingerprint density at radius 3 is 2.67 bits per heavy atom. The zero-order chi connectivity index (χ0) is 19.1. The van der Waals surface area contributed by atoms with Crippen LogP contribution < -0.4 is 16.4 Å². The molecule has 5 N–H and O–H groups in total. The van der Waals surface area contributed by atoms with E-state index in [2.05, 4.69) is 30.6 Å². The number of anilines is 2. The van der Waals surface area contributed by atoms with Gasteiger partial charge in [0.25, 0.3) is 0 Å². The van der Waals surface area contributed by atoms with Gasteiger partial charge in [0.05, 0.1) is 16.9 Å². The molecule has 3 rings (SSSR count). The zero-order valence-corrected chi connectivity index (χ0v) is 15.2. The van der Waals surface area contributed by atoms with Crippen LogP contribution in [0.2, 0.25) is 0 Å². The van der Waals surface area contributed by atoms with E-state index in [4.69, 9.17) is 5.73 Å². The number of aromatic nitrogens is 4. The van der Waals surface area contributed by atoms with Crippen LogP contribution in [0.5, 0.6) is 0 Å². The standard InChI is InChI=1S/C17H26N8O2/c18-7-12-1-3-13(4-2-12)8-21-16-15(25(26)27)10-22-17(24-16)20-6-5-14-9-19-11-23-14/h9-13H,1-8,18H2,(H,19,23)(H2,20,21,22,24). The van der Waals surface area contributed by atoms with E-state index in [1.165, 1.54) is 6.20 Å². The van der Waals surface area contributed by atoms with Crippen LogP contribution in [0.15, 0.2) is 18.7 Å². The Hall–Kier alpha value is -2.75. The molecule has 2 heterocycles. The van der Waals surface area contributed by atoms with Gasteiger partial charge >= 0.3 is 5.69 Å². The molecule has 2 aromatic rings. The molecule has 0 spiro atoms. The molecule has 0 saturated heterocycles. The van der Waals surface area contributed by atoms with Gasteiger partial charge in [0.1, 0.15) is 6.20 Å². The Morgan fingerprint density at radius 1 is 1.22 bits per heavy atom. The van der Waals surface area contributed by atoms with Crippen molar-refractivity contribution in [3.63, 3.8) is 0 Å². The van der Waals surface area contributed by atoms with Crippen molar-refractivity contribution >= 4 is 17.5 Å². The largest absolute Gasteiger partial charge is 0.364 e. The van der Waals surface area contributed by atoms with Crippen molar-refractivity contribution in [2.45, 2.75) is 32.1 Å². The molecule has 0 unspecified atom stereocenters. The quantitative estimate of drug-likeness (QED) is 0.384. The molecule has 1 aliphatic rings. The maximum Gasteiger partial charge on any atom is 0.329 e. The van der Waals surface area contributed by atoms with Gasteiger partial charge in [-0.2, -0.15) is 4.98 Å². The van der Waals surface area contributed by atoms with E-state index in [0.29, 0.717) is 37.3 Å². The summed E-state index contributed by atoms with van der Waals surface area (Å²) in [6, 6.07) is 0. The fourth-order valence-corrected chi connectivity index (χ4v) is 3.37. The number of hydrogen-bond donors (Lipinski definition) is 4. The second-order valence-corrected chi connectivity index (χ2v) is 6.93. The van der Waals surface area contributed by atoms with Gasteiger partial charge in [0.15, 0.2) is 0 Å². The Kier molecular flexibility index (Phi) is 6.53. The van der Waals surface area contributed by atoms with Gasteiger partial charge in [-0.3, -0.25) is 10.1 Å². The molecule has 2 aromatic heterocycles. The minimum absolute atomic E-state index is 0.108. The van der Waals surface area contributed by atoms with Crippen molar-refractivity contribution < 1.29 is 4.92 Å². The number of nitrogens with two attached hydrogens (primary N) is 1. The van der Waals surface area contributed by atoms with Gasteiger partial charge in [0, 0.05) is 25.7 Å². The molecule has 1 saturated carbocycles. The fourth-order valence-electron chi connectivity index (χ4n) is 3.37. The van der Waals surface area contributed by atoms with Gasteiger partial charge in [-0.15, -0.1) is 0 Å². The molecular formula is C17H26N8O2. The molecule has 0 bridgehead atoms. The molecular weight excluding hydrogens is 348 g/mol. The molecule has 1 fully saturated rings. The minimum Gasteiger partial charge on any atom is -0.364 e. The van der Waals surface area contributed by atoms with Crippen LogP contribution in [0.4, 0.5) is 17.5 Å². The summed E-state index contributed by atoms with van der Waals surface area (Å²) >= 11 is 0. The van der Waals surface area contributed by atoms with Crippen LogP contribution in [-0.2, 0) is 6.42 Å². The normalized spacial score (nSPS) is 19.6. The number of nitro groups is 1. The first-order valence-electron chi connectivity index (χ1n) is 9.32. The number of imidazole rings is 1. The van der Waals surface area contributed by atoms with Crippen LogP contribution in [0, 0.1) is 22.0 Å². The van der Waals surface area contributed by atoms with Gasteiger partial charge in [-0.25, -0.2) is 9.97 Å². The highest BCUT2D eigenvalue weighted by atomic mass is 16.6. The van der Waals surface area contributed by atoms with E-state index in [1.54, 1.807) is 6.33 Å². The Bertz CT molecular complexity index is 729. The number of hydrogen-bond acceptors (Lipinski definition) is 8. The van der Waals surface area contributed by atoms with E-state index in [1.807, 2.05) is 6.20 Å². The molecule has 1 aliphatic carbocycles. The van der Waals surface area contributed by atoms with E-state index in [0.717, 1.165) is 37.9 Å². The fraction of sp³-hybridized carbons (Fsp3) is 0.588. The third-order valence-electron chi connectivity index (χ3n) is 5.04. The smallest absolute Gasteiger partial charge is 0.329 e. The molecule has 10 heteroatoms. The van der Waals surface area contributed by atoms with Crippen LogP contribution in [-0.4, -0.2) is 44.5 Å². The molecule has 146 valence electrons. The summed E-state index contributed by atoms with van der Waals surface area (Å²) in [4.78, 5) is 26.2. The van der Waals surface area contributed by atoms with Crippen molar-refractivity contribution in [2.24, 2.45) is 17.6 Å². The second-order valence-electron chi connectivity index (χ2n) is 6.93. The van der Waals surface area contributed by atoms with Crippen molar-refractivity contribution in [2.75, 3.05) is 30.3 Å². The Labute approximate surface area is 157 Å². The zero-order valence-electron chi connectivity index (χ0n) is 15.2. The van der Waals surface area contributed by atoms with Crippen molar-refractivity contribution in [1.82, 2.24) is 19.9 Å². The van der Waals surface area contributed by atoms with Crippen molar-refractivity contribution in [1.29, 1.82) is 0 Å². The van der Waals surface area contributed by atoms with Gasteiger partial charge < -0.3 is 21.4 Å². The predicted molar refractivity (Wildman–Crippen MR) is 102 cm³/mol. The van der Waals surface area contributed by atoms with Crippen LogP contribution in [0.3, 0.4) is 0 Å². The highest BCUT2D eigenvalue weighted by Gasteiger charge is 2.22. The average molecular weight is 374 g/mol. The van der Waals surface area contributed by atoms with Gasteiger partial charge in [0.2, 0.25) is 11.8 Å². The summed E-state index contributed by atoms with van der Waals surface area (Å²) < 4.78 is 0. The van der Waals surface area contributed by atoms with Crippen LogP contribution in [0.1, 0.15) is 31.4 Å². The maximum absolute atomic E-state index is 11.3. The SMILES string of the molecule is NCC1CCC(CNc2nc(NCCc3c[nH]cn3)ncc2[N+](=O)[O-])CC1. The molecule has 0 amide bonds. The lowest BCUT2D eigenvalue weighted by atomic mass is 9.82. The first kappa shape index (κ1) is 19.0. The van der Waals surface area contributed by atoms with Crippen molar-refractivity contribution in [3.8, 4) is 0 Å². The third-order valence-corrected chi connectivity index (χ3v) is 5.04. The number of nitrogens with one attached hydrogen (secondary N) is 3. The van der Waals surface area contributed by atoms with Crippen LogP contribution in [0.25, 0.3) is 0 Å². The van der Waals surface area contributed by atoms with E-state index >= 15 is 0 Å². The maximum atomic E-state index is 11.3. The number of nitrogens with zero attached hydrogens (tertiary/aromatic N) is 4. The van der Waals surface area contributed by atoms with Gasteiger partial charge in [-0.1, -0.05) is 0 Å². The minimum atomic E-state index is -0.457. The van der Waals surface area contributed by atoms with E-state index in [9.17, 15) is 10.1 Å². The molecule has 0 aliphatic heterocycles. The predicted octanol–water partition coefficient (Wildman–Crippen LogP) is 1.94. The first-order valence-corrected chi connectivity index (χ1v) is 9.32. The lowest BCUT2D eigenvalue weighted by Gasteiger charge is -2.27. The second kappa shape index (κ2) is 9.26. The highest BCUT2D eigenvalue weighted by Crippen LogP contribution is 2.29. The third kappa shape index (κ3) is 5.36. The molecule has 0 aromatic carbocycles. The topological polar surface area (TPSA) is 148 Å². The molecule has 10 nitrogen and oxygen atoms in total.